The fourth-order valence-corrected chi connectivity index (χ4v) is 5.33. The van der Waals surface area contributed by atoms with Crippen LogP contribution in [0.2, 0.25) is 18.1 Å². The van der Waals surface area contributed by atoms with E-state index in [4.69, 9.17) is 13.9 Å². The number of carbonyl (C=O) groups is 3. The van der Waals surface area contributed by atoms with Gasteiger partial charge in [-0.2, -0.15) is 0 Å². The highest BCUT2D eigenvalue weighted by atomic mass is 28.4. The molecule has 1 aliphatic rings. The standard InChI is InChI=1S/C27H44O6Si/c1-17-12-23(18(2)14-20(4)33-34(10,11)27(6,7)8)24(25(13-17)32-21(5)28)16-22(29)15-19(3)26(30)31-9/h14-15,17,23-25H,4,12-13,16H2,1-3,5-11H3/t17-,23+,24+,25-/m1/s1. The van der Waals surface area contributed by atoms with E-state index in [1.54, 1.807) is 6.92 Å². The zero-order valence-electron chi connectivity index (χ0n) is 22.7. The Kier molecular flexibility index (Phi) is 10.5. The zero-order valence-corrected chi connectivity index (χ0v) is 23.7. The van der Waals surface area contributed by atoms with Crippen LogP contribution in [0.3, 0.4) is 0 Å². The van der Waals surface area contributed by atoms with Gasteiger partial charge < -0.3 is 13.9 Å². The first-order valence-corrected chi connectivity index (χ1v) is 14.9. The average molecular weight is 493 g/mol. The molecule has 0 amide bonds. The van der Waals surface area contributed by atoms with Gasteiger partial charge in [0.25, 0.3) is 0 Å². The largest absolute Gasteiger partial charge is 0.544 e. The Balaban J connectivity index is 3.25. The molecular weight excluding hydrogens is 448 g/mol. The highest BCUT2D eigenvalue weighted by molar-refractivity contribution is 6.74. The molecule has 1 saturated carbocycles. The highest BCUT2D eigenvalue weighted by Crippen LogP contribution is 2.43. The molecule has 0 aromatic heterocycles. The molecule has 34 heavy (non-hydrogen) atoms. The van der Waals surface area contributed by atoms with E-state index in [9.17, 15) is 14.4 Å². The summed E-state index contributed by atoms with van der Waals surface area (Å²) in [6.07, 6.45) is 4.66. The van der Waals surface area contributed by atoms with E-state index in [1.165, 1.54) is 20.1 Å². The van der Waals surface area contributed by atoms with Crippen LogP contribution in [0.25, 0.3) is 0 Å². The van der Waals surface area contributed by atoms with Gasteiger partial charge in [0.1, 0.15) is 6.10 Å². The Bertz CT molecular complexity index is 846. The number of methoxy groups -OCH3 is 1. The van der Waals surface area contributed by atoms with Crippen LogP contribution in [0, 0.1) is 17.8 Å². The minimum absolute atomic E-state index is 0.0173. The molecular formula is C27H44O6Si. The lowest BCUT2D eigenvalue weighted by Crippen LogP contribution is -2.41. The van der Waals surface area contributed by atoms with Crippen molar-refractivity contribution < 1.29 is 28.3 Å². The van der Waals surface area contributed by atoms with Gasteiger partial charge in [0.05, 0.1) is 12.9 Å². The first-order valence-electron chi connectivity index (χ1n) is 12.0. The summed E-state index contributed by atoms with van der Waals surface area (Å²) in [7, 11) is -0.744. The van der Waals surface area contributed by atoms with Crippen LogP contribution in [0.15, 0.2) is 35.6 Å². The quantitative estimate of drug-likeness (QED) is 0.126. The van der Waals surface area contributed by atoms with Crippen molar-refractivity contribution in [3.05, 3.63) is 35.6 Å². The third-order valence-corrected chi connectivity index (χ3v) is 11.5. The van der Waals surface area contributed by atoms with Crippen LogP contribution in [0.1, 0.15) is 67.7 Å². The third-order valence-electron chi connectivity index (χ3n) is 7.09. The smallest absolute Gasteiger partial charge is 0.333 e. The average Bonchev–Trinajstić information content (AvgIpc) is 2.66. The van der Waals surface area contributed by atoms with E-state index < -0.39 is 14.3 Å². The highest BCUT2D eigenvalue weighted by Gasteiger charge is 2.41. The normalized spacial score (nSPS) is 24.3. The van der Waals surface area contributed by atoms with Gasteiger partial charge in [-0.05, 0) is 68.8 Å². The number of rotatable bonds is 9. The predicted octanol–water partition coefficient (Wildman–Crippen LogP) is 6.14. The first kappa shape index (κ1) is 29.9. The molecule has 6 nitrogen and oxygen atoms in total. The van der Waals surface area contributed by atoms with E-state index in [0.29, 0.717) is 18.1 Å². The van der Waals surface area contributed by atoms with Gasteiger partial charge in [-0.1, -0.05) is 39.8 Å². The van der Waals surface area contributed by atoms with Crippen molar-refractivity contribution in [2.75, 3.05) is 7.11 Å². The minimum Gasteiger partial charge on any atom is -0.544 e. The monoisotopic (exact) mass is 492 g/mol. The summed E-state index contributed by atoms with van der Waals surface area (Å²) in [5.74, 6) is -0.315. The molecule has 0 aromatic rings. The summed E-state index contributed by atoms with van der Waals surface area (Å²) in [6, 6.07) is 0. The summed E-state index contributed by atoms with van der Waals surface area (Å²) < 4.78 is 16.7. The van der Waals surface area contributed by atoms with Crippen LogP contribution < -0.4 is 0 Å². The maximum atomic E-state index is 12.9. The van der Waals surface area contributed by atoms with Gasteiger partial charge in [0.2, 0.25) is 8.32 Å². The summed E-state index contributed by atoms with van der Waals surface area (Å²) in [4.78, 5) is 36.4. The maximum absolute atomic E-state index is 12.9. The number of hydrogen-bond donors (Lipinski definition) is 0. The molecule has 4 atom stereocenters. The second-order valence-corrected chi connectivity index (χ2v) is 15.9. The molecule has 192 valence electrons. The third kappa shape index (κ3) is 8.57. The van der Waals surface area contributed by atoms with Crippen molar-refractivity contribution in [3.63, 3.8) is 0 Å². The molecule has 0 bridgehead atoms. The van der Waals surface area contributed by atoms with Gasteiger partial charge in [0.15, 0.2) is 5.78 Å². The topological polar surface area (TPSA) is 78.9 Å². The van der Waals surface area contributed by atoms with Gasteiger partial charge in [0, 0.05) is 24.8 Å². The number of hydrogen-bond acceptors (Lipinski definition) is 6. The van der Waals surface area contributed by atoms with E-state index >= 15 is 0 Å². The molecule has 1 rings (SSSR count). The molecule has 0 heterocycles. The maximum Gasteiger partial charge on any atom is 0.333 e. The molecule has 0 saturated heterocycles. The van der Waals surface area contributed by atoms with Crippen molar-refractivity contribution >= 4 is 26.0 Å². The van der Waals surface area contributed by atoms with E-state index in [2.05, 4.69) is 47.4 Å². The number of ether oxygens (including phenoxy) is 2. The Morgan fingerprint density at radius 3 is 2.15 bits per heavy atom. The lowest BCUT2D eigenvalue weighted by atomic mass is 9.68. The van der Waals surface area contributed by atoms with E-state index in [-0.39, 0.29) is 46.7 Å². The Hall–Kier alpha value is -2.15. The number of carbonyl (C=O) groups excluding carboxylic acids is 3. The van der Waals surface area contributed by atoms with Crippen molar-refractivity contribution in [2.45, 2.75) is 92.0 Å². The Morgan fingerprint density at radius 2 is 1.65 bits per heavy atom. The fraction of sp³-hybridized carbons (Fsp3) is 0.667. The van der Waals surface area contributed by atoms with Crippen molar-refractivity contribution in [1.82, 2.24) is 0 Å². The van der Waals surface area contributed by atoms with Gasteiger partial charge in [-0.25, -0.2) is 4.79 Å². The molecule has 1 fully saturated rings. The van der Waals surface area contributed by atoms with Crippen LogP contribution in [0.5, 0.6) is 0 Å². The van der Waals surface area contributed by atoms with Gasteiger partial charge in [-0.15, -0.1) is 0 Å². The van der Waals surface area contributed by atoms with Gasteiger partial charge in [-0.3, -0.25) is 9.59 Å². The Labute approximate surface area is 206 Å². The van der Waals surface area contributed by atoms with Crippen LogP contribution >= 0.6 is 0 Å². The second kappa shape index (κ2) is 12.0. The second-order valence-electron chi connectivity index (χ2n) is 11.2. The van der Waals surface area contributed by atoms with Gasteiger partial charge >= 0.3 is 11.9 Å². The molecule has 0 aromatic carbocycles. The SMILES string of the molecule is C=C(C=C(C)[C@@H]1C[C@@H](C)C[C@@H](OC(C)=O)[C@H]1CC(=O)C=C(C)C(=O)OC)O[Si](C)(C)C(C)(C)C. The van der Waals surface area contributed by atoms with Crippen LogP contribution in [0.4, 0.5) is 0 Å². The van der Waals surface area contributed by atoms with E-state index in [0.717, 1.165) is 12.0 Å². The zero-order chi connectivity index (χ0) is 26.4. The van der Waals surface area contributed by atoms with Crippen molar-refractivity contribution in [2.24, 2.45) is 17.8 Å². The summed E-state index contributed by atoms with van der Waals surface area (Å²) >= 11 is 0. The first-order chi connectivity index (χ1) is 15.5. The lowest BCUT2D eigenvalue weighted by molar-refractivity contribution is -0.154. The van der Waals surface area contributed by atoms with Crippen molar-refractivity contribution in [1.29, 1.82) is 0 Å². The molecule has 0 aliphatic heterocycles. The molecule has 0 unspecified atom stereocenters. The molecule has 1 aliphatic carbocycles. The summed E-state index contributed by atoms with van der Waals surface area (Å²) in [6.45, 7) is 22.2. The molecule has 0 spiro atoms. The fourth-order valence-electron chi connectivity index (χ4n) is 4.30. The van der Waals surface area contributed by atoms with Crippen LogP contribution in [-0.2, 0) is 28.3 Å². The number of ketones is 1. The molecule has 7 heteroatoms. The molecule has 0 radical (unpaired) electrons. The van der Waals surface area contributed by atoms with E-state index in [1.807, 2.05) is 13.0 Å². The summed E-state index contributed by atoms with van der Waals surface area (Å²) in [5.41, 5.74) is 1.31. The molecule has 0 N–H and O–H groups in total. The predicted molar refractivity (Wildman–Crippen MR) is 138 cm³/mol. The van der Waals surface area contributed by atoms with Crippen molar-refractivity contribution in [3.8, 4) is 0 Å². The number of esters is 2. The number of allylic oxidation sites excluding steroid dienone is 3. The van der Waals surface area contributed by atoms with Crippen LogP contribution in [-0.4, -0.2) is 39.3 Å². The minimum atomic E-state index is -2.03. The Morgan fingerprint density at radius 1 is 1.06 bits per heavy atom. The summed E-state index contributed by atoms with van der Waals surface area (Å²) in [5, 5.41) is 0.0518. The lowest BCUT2D eigenvalue weighted by Gasteiger charge is -2.41.